The lowest BCUT2D eigenvalue weighted by Gasteiger charge is -2.28. The Bertz CT molecular complexity index is 123. The van der Waals surface area contributed by atoms with Crippen LogP contribution in [0.15, 0.2) is 0 Å². The van der Waals surface area contributed by atoms with Crippen molar-refractivity contribution < 1.29 is 8.78 Å². The Hall–Kier alpha value is -0.180. The summed E-state index contributed by atoms with van der Waals surface area (Å²) in [4.78, 5) is 0. The summed E-state index contributed by atoms with van der Waals surface area (Å²) in [5, 5.41) is 2.94. The van der Waals surface area contributed by atoms with Crippen LogP contribution in [0, 0.1) is 5.92 Å². The third kappa shape index (κ3) is 2.73. The number of alkyl halides is 2. The van der Waals surface area contributed by atoms with Crippen LogP contribution >= 0.6 is 0 Å². The average molecular weight is 163 g/mol. The molecular weight excluding hydrogens is 148 g/mol. The summed E-state index contributed by atoms with van der Waals surface area (Å²) in [7, 11) is 1.81. The number of halogens is 2. The average Bonchev–Trinajstić information content (AvgIpc) is 1.85. The summed E-state index contributed by atoms with van der Waals surface area (Å²) in [6, 6.07) is 0. The molecule has 0 heterocycles. The normalized spacial score (nSPS) is 30.3. The van der Waals surface area contributed by atoms with E-state index in [-0.39, 0.29) is 18.8 Å². The Labute approximate surface area is 66.2 Å². The molecule has 1 N–H and O–H groups in total. The third-order valence-electron chi connectivity index (χ3n) is 2.24. The number of hydrogen-bond acceptors (Lipinski definition) is 1. The second kappa shape index (κ2) is 3.48. The van der Waals surface area contributed by atoms with Gasteiger partial charge in [-0.25, -0.2) is 8.78 Å². The van der Waals surface area contributed by atoms with Crippen LogP contribution in [0.3, 0.4) is 0 Å². The van der Waals surface area contributed by atoms with Gasteiger partial charge in [0.2, 0.25) is 5.92 Å². The summed E-state index contributed by atoms with van der Waals surface area (Å²) < 4.78 is 25.5. The lowest BCUT2D eigenvalue weighted by Crippen LogP contribution is -2.31. The van der Waals surface area contributed by atoms with E-state index in [1.54, 1.807) is 0 Å². The van der Waals surface area contributed by atoms with E-state index in [1.807, 2.05) is 7.05 Å². The monoisotopic (exact) mass is 163 g/mol. The summed E-state index contributed by atoms with van der Waals surface area (Å²) in [6.45, 7) is 0.732. The van der Waals surface area contributed by atoms with Crippen LogP contribution in [-0.4, -0.2) is 19.5 Å². The fraction of sp³-hybridized carbons (Fsp3) is 1.00. The lowest BCUT2D eigenvalue weighted by atomic mass is 9.86. The van der Waals surface area contributed by atoms with E-state index in [1.165, 1.54) is 0 Å². The molecule has 1 unspecified atom stereocenters. The van der Waals surface area contributed by atoms with Crippen molar-refractivity contribution in [3.05, 3.63) is 0 Å². The van der Waals surface area contributed by atoms with Crippen molar-refractivity contribution in [2.24, 2.45) is 5.92 Å². The molecule has 0 aromatic heterocycles. The molecule has 3 heteroatoms. The lowest BCUT2D eigenvalue weighted by molar-refractivity contribution is -0.0517. The first-order valence-electron chi connectivity index (χ1n) is 4.16. The van der Waals surface area contributed by atoms with Crippen LogP contribution in [0.5, 0.6) is 0 Å². The molecule has 0 aromatic rings. The predicted molar refractivity (Wildman–Crippen MR) is 40.8 cm³/mol. The smallest absolute Gasteiger partial charge is 0.248 e. The number of rotatable bonds is 2. The molecular formula is C8H15F2N. The van der Waals surface area contributed by atoms with E-state index in [2.05, 4.69) is 5.32 Å². The van der Waals surface area contributed by atoms with Crippen LogP contribution in [0.1, 0.15) is 25.7 Å². The van der Waals surface area contributed by atoms with Crippen molar-refractivity contribution in [1.29, 1.82) is 0 Å². The molecule has 66 valence electrons. The summed E-state index contributed by atoms with van der Waals surface area (Å²) in [6.07, 6.45) is 1.80. The van der Waals surface area contributed by atoms with Gasteiger partial charge in [0, 0.05) is 12.8 Å². The minimum atomic E-state index is -2.39. The van der Waals surface area contributed by atoms with Crippen molar-refractivity contribution in [1.82, 2.24) is 5.32 Å². The maximum absolute atomic E-state index is 12.8. The summed E-state index contributed by atoms with van der Waals surface area (Å²) in [5.41, 5.74) is 0. The van der Waals surface area contributed by atoms with Crippen LogP contribution in [-0.2, 0) is 0 Å². The highest BCUT2D eigenvalue weighted by atomic mass is 19.3. The minimum Gasteiger partial charge on any atom is -0.319 e. The fourth-order valence-electron chi connectivity index (χ4n) is 1.74. The van der Waals surface area contributed by atoms with Crippen molar-refractivity contribution in [3.8, 4) is 0 Å². The first-order valence-corrected chi connectivity index (χ1v) is 4.16. The second-order valence-corrected chi connectivity index (χ2v) is 3.38. The predicted octanol–water partition coefficient (Wildman–Crippen LogP) is 2.03. The SMILES string of the molecule is CNCC1CCCC(F)(F)C1. The zero-order chi connectivity index (χ0) is 8.32. The molecule has 1 nitrogen and oxygen atoms in total. The Morgan fingerprint density at radius 1 is 1.55 bits per heavy atom. The van der Waals surface area contributed by atoms with E-state index < -0.39 is 5.92 Å². The molecule has 0 radical (unpaired) electrons. The van der Waals surface area contributed by atoms with E-state index in [4.69, 9.17) is 0 Å². The van der Waals surface area contributed by atoms with Gasteiger partial charge >= 0.3 is 0 Å². The largest absolute Gasteiger partial charge is 0.319 e. The molecule has 1 rings (SSSR count). The van der Waals surface area contributed by atoms with Crippen LogP contribution in [0.25, 0.3) is 0 Å². The van der Waals surface area contributed by atoms with Crippen molar-refractivity contribution in [2.75, 3.05) is 13.6 Å². The molecule has 0 spiro atoms. The Morgan fingerprint density at radius 2 is 2.27 bits per heavy atom. The van der Waals surface area contributed by atoms with E-state index in [0.717, 1.165) is 13.0 Å². The number of hydrogen-bond donors (Lipinski definition) is 1. The standard InChI is InChI=1S/C8H15F2N/c1-11-6-7-3-2-4-8(9,10)5-7/h7,11H,2-6H2,1H3. The molecule has 1 atom stereocenters. The molecule has 1 saturated carbocycles. The van der Waals surface area contributed by atoms with Crippen molar-refractivity contribution in [2.45, 2.75) is 31.6 Å². The Morgan fingerprint density at radius 3 is 2.82 bits per heavy atom. The number of nitrogens with one attached hydrogen (secondary N) is 1. The molecule has 0 bridgehead atoms. The van der Waals surface area contributed by atoms with E-state index in [0.29, 0.717) is 6.42 Å². The van der Waals surface area contributed by atoms with Crippen LogP contribution in [0.2, 0.25) is 0 Å². The van der Waals surface area contributed by atoms with Crippen LogP contribution < -0.4 is 5.32 Å². The highest BCUT2D eigenvalue weighted by Crippen LogP contribution is 2.36. The van der Waals surface area contributed by atoms with Crippen LogP contribution in [0.4, 0.5) is 8.78 Å². The first-order chi connectivity index (χ1) is 5.14. The van der Waals surface area contributed by atoms with Gasteiger partial charge in [-0.3, -0.25) is 0 Å². The zero-order valence-corrected chi connectivity index (χ0v) is 6.87. The topological polar surface area (TPSA) is 12.0 Å². The summed E-state index contributed by atoms with van der Waals surface area (Å²) >= 11 is 0. The van der Waals surface area contributed by atoms with E-state index >= 15 is 0 Å². The first kappa shape index (κ1) is 8.91. The van der Waals surface area contributed by atoms with Gasteiger partial charge in [0.15, 0.2) is 0 Å². The quantitative estimate of drug-likeness (QED) is 0.656. The molecule has 0 amide bonds. The highest BCUT2D eigenvalue weighted by molar-refractivity contribution is 4.78. The van der Waals surface area contributed by atoms with Gasteiger partial charge in [-0.05, 0) is 32.4 Å². The molecule has 1 aliphatic rings. The molecule has 0 aromatic carbocycles. The summed E-state index contributed by atoms with van der Waals surface area (Å²) in [5.74, 6) is -2.21. The molecule has 0 aliphatic heterocycles. The van der Waals surface area contributed by atoms with Gasteiger partial charge in [0.1, 0.15) is 0 Å². The Balaban J connectivity index is 2.34. The van der Waals surface area contributed by atoms with Gasteiger partial charge < -0.3 is 5.32 Å². The molecule has 1 fully saturated rings. The molecule has 11 heavy (non-hydrogen) atoms. The van der Waals surface area contributed by atoms with Gasteiger partial charge in [0.05, 0.1) is 0 Å². The minimum absolute atomic E-state index is 0.0772. The second-order valence-electron chi connectivity index (χ2n) is 3.38. The van der Waals surface area contributed by atoms with Crippen molar-refractivity contribution >= 4 is 0 Å². The third-order valence-corrected chi connectivity index (χ3v) is 2.24. The fourth-order valence-corrected chi connectivity index (χ4v) is 1.74. The van der Waals surface area contributed by atoms with Gasteiger partial charge in [-0.1, -0.05) is 0 Å². The molecule has 1 aliphatic carbocycles. The van der Waals surface area contributed by atoms with Crippen molar-refractivity contribution in [3.63, 3.8) is 0 Å². The van der Waals surface area contributed by atoms with E-state index in [9.17, 15) is 8.78 Å². The maximum atomic E-state index is 12.8. The zero-order valence-electron chi connectivity index (χ0n) is 6.87. The van der Waals surface area contributed by atoms with Gasteiger partial charge in [0.25, 0.3) is 0 Å². The Kier molecular flexibility index (Phi) is 2.82. The molecule has 0 saturated heterocycles. The maximum Gasteiger partial charge on any atom is 0.248 e. The van der Waals surface area contributed by atoms with Gasteiger partial charge in [-0.15, -0.1) is 0 Å². The highest BCUT2D eigenvalue weighted by Gasteiger charge is 2.35. The van der Waals surface area contributed by atoms with Gasteiger partial charge in [-0.2, -0.15) is 0 Å².